The number of thiazole rings is 1. The molecule has 4 rings (SSSR count). The van der Waals surface area contributed by atoms with Gasteiger partial charge in [-0.2, -0.15) is 0 Å². The SMILES string of the molecule is Cc1csc2nc(CN3C[C@@H](N)[C@H](c4ccccc4)C3)cc(=O)n12. The molecule has 0 amide bonds. The van der Waals surface area contributed by atoms with Gasteiger partial charge in [-0.1, -0.05) is 30.3 Å². The minimum Gasteiger partial charge on any atom is -0.326 e. The summed E-state index contributed by atoms with van der Waals surface area (Å²) in [4.78, 5) is 20.0. The number of benzene rings is 1. The van der Waals surface area contributed by atoms with E-state index >= 15 is 0 Å². The molecule has 1 aliphatic heterocycles. The van der Waals surface area contributed by atoms with Crippen LogP contribution in [0.3, 0.4) is 0 Å². The molecule has 0 saturated carbocycles. The van der Waals surface area contributed by atoms with E-state index in [-0.39, 0.29) is 11.6 Å². The third kappa shape index (κ3) is 2.77. The van der Waals surface area contributed by atoms with E-state index in [1.165, 1.54) is 16.9 Å². The summed E-state index contributed by atoms with van der Waals surface area (Å²) in [5.74, 6) is 0.333. The van der Waals surface area contributed by atoms with Crippen LogP contribution in [0.15, 0.2) is 46.6 Å². The Balaban J connectivity index is 1.55. The van der Waals surface area contributed by atoms with E-state index in [0.29, 0.717) is 12.5 Å². The van der Waals surface area contributed by atoms with E-state index in [2.05, 4.69) is 34.1 Å². The summed E-state index contributed by atoms with van der Waals surface area (Å²) in [7, 11) is 0. The molecule has 2 atom stereocenters. The molecule has 0 aliphatic carbocycles. The molecule has 3 aromatic rings. The number of rotatable bonds is 3. The Bertz CT molecular complexity index is 918. The summed E-state index contributed by atoms with van der Waals surface area (Å²) in [6, 6.07) is 12.2. The molecular weight excluding hydrogens is 320 g/mol. The molecule has 2 aromatic heterocycles. The van der Waals surface area contributed by atoms with Crippen LogP contribution in [0, 0.1) is 6.92 Å². The quantitative estimate of drug-likeness (QED) is 0.792. The van der Waals surface area contributed by atoms with Crippen molar-refractivity contribution in [1.82, 2.24) is 14.3 Å². The second-order valence-corrected chi connectivity index (χ2v) is 7.29. The normalized spacial score (nSPS) is 21.6. The van der Waals surface area contributed by atoms with Crippen molar-refractivity contribution >= 4 is 16.3 Å². The first-order chi connectivity index (χ1) is 11.6. The van der Waals surface area contributed by atoms with Gasteiger partial charge in [0.05, 0.1) is 5.69 Å². The molecule has 2 N–H and O–H groups in total. The number of hydrogen-bond acceptors (Lipinski definition) is 5. The minimum absolute atomic E-state index is 0.00291. The number of nitrogens with two attached hydrogens (primary N) is 1. The monoisotopic (exact) mass is 340 g/mol. The zero-order valence-corrected chi connectivity index (χ0v) is 14.4. The Morgan fingerprint density at radius 2 is 2.08 bits per heavy atom. The lowest BCUT2D eigenvalue weighted by molar-refractivity contribution is 0.320. The summed E-state index contributed by atoms with van der Waals surface area (Å²) in [5.41, 5.74) is 9.39. The van der Waals surface area contributed by atoms with Crippen LogP contribution in [0.25, 0.3) is 4.96 Å². The zero-order valence-electron chi connectivity index (χ0n) is 13.6. The molecule has 1 aromatic carbocycles. The molecule has 6 heteroatoms. The Hall–Kier alpha value is -2.02. The molecule has 1 saturated heterocycles. The third-order valence-electron chi connectivity index (χ3n) is 4.68. The third-order valence-corrected chi connectivity index (χ3v) is 5.63. The summed E-state index contributed by atoms with van der Waals surface area (Å²) in [6.45, 7) is 4.32. The molecule has 124 valence electrons. The molecule has 0 radical (unpaired) electrons. The van der Waals surface area contributed by atoms with Gasteiger partial charge in [0.15, 0.2) is 4.96 Å². The first-order valence-corrected chi connectivity index (χ1v) is 8.99. The van der Waals surface area contributed by atoms with Gasteiger partial charge in [-0.3, -0.25) is 14.1 Å². The van der Waals surface area contributed by atoms with Crippen molar-refractivity contribution in [2.45, 2.75) is 25.4 Å². The Kier molecular flexibility index (Phi) is 3.96. The van der Waals surface area contributed by atoms with E-state index in [4.69, 9.17) is 5.73 Å². The topological polar surface area (TPSA) is 63.6 Å². The van der Waals surface area contributed by atoms with Crippen LogP contribution in [0.2, 0.25) is 0 Å². The predicted molar refractivity (Wildman–Crippen MR) is 96.5 cm³/mol. The maximum atomic E-state index is 12.3. The van der Waals surface area contributed by atoms with Gasteiger partial charge >= 0.3 is 0 Å². The number of fused-ring (bicyclic) bond motifs is 1. The second-order valence-electron chi connectivity index (χ2n) is 6.46. The van der Waals surface area contributed by atoms with Crippen LogP contribution in [-0.2, 0) is 6.54 Å². The highest BCUT2D eigenvalue weighted by atomic mass is 32.1. The average molecular weight is 340 g/mol. The van der Waals surface area contributed by atoms with Gasteiger partial charge in [0.2, 0.25) is 0 Å². The molecular formula is C18H20N4OS. The molecule has 5 nitrogen and oxygen atoms in total. The number of likely N-dealkylation sites (tertiary alicyclic amines) is 1. The van der Waals surface area contributed by atoms with Gasteiger partial charge < -0.3 is 5.73 Å². The Labute approximate surface area is 144 Å². The average Bonchev–Trinajstić information content (AvgIpc) is 3.11. The zero-order chi connectivity index (χ0) is 16.7. The first kappa shape index (κ1) is 15.5. The Morgan fingerprint density at radius 1 is 1.29 bits per heavy atom. The van der Waals surface area contributed by atoms with Gasteiger partial charge in [-0.05, 0) is 12.5 Å². The highest BCUT2D eigenvalue weighted by Gasteiger charge is 2.31. The van der Waals surface area contributed by atoms with Gasteiger partial charge in [0.25, 0.3) is 5.56 Å². The maximum absolute atomic E-state index is 12.3. The number of hydrogen-bond donors (Lipinski definition) is 1. The van der Waals surface area contributed by atoms with Crippen LogP contribution in [0.4, 0.5) is 0 Å². The highest BCUT2D eigenvalue weighted by molar-refractivity contribution is 7.15. The highest BCUT2D eigenvalue weighted by Crippen LogP contribution is 2.27. The summed E-state index contributed by atoms with van der Waals surface area (Å²) in [5, 5.41) is 1.96. The molecule has 3 heterocycles. The summed E-state index contributed by atoms with van der Waals surface area (Å²) < 4.78 is 1.66. The second kappa shape index (κ2) is 6.12. The van der Waals surface area contributed by atoms with Crippen LogP contribution in [0.1, 0.15) is 22.9 Å². The molecule has 0 bridgehead atoms. The standard InChI is InChI=1S/C18H20N4OS/c1-12-11-24-18-20-14(7-17(23)22(12)18)8-21-9-15(16(19)10-21)13-5-3-2-4-6-13/h2-7,11,15-16H,8-10,19H2,1H3/t15-,16+/m0/s1. The lowest BCUT2D eigenvalue weighted by Gasteiger charge is -2.15. The lowest BCUT2D eigenvalue weighted by atomic mass is 9.95. The van der Waals surface area contributed by atoms with Crippen molar-refractivity contribution in [2.75, 3.05) is 13.1 Å². The largest absolute Gasteiger partial charge is 0.326 e. The predicted octanol–water partition coefficient (Wildman–Crippen LogP) is 1.99. The van der Waals surface area contributed by atoms with Crippen molar-refractivity contribution < 1.29 is 0 Å². The Morgan fingerprint density at radius 3 is 2.88 bits per heavy atom. The van der Waals surface area contributed by atoms with E-state index in [0.717, 1.165) is 29.4 Å². The summed E-state index contributed by atoms with van der Waals surface area (Å²) in [6.07, 6.45) is 0. The van der Waals surface area contributed by atoms with Crippen molar-refractivity contribution in [1.29, 1.82) is 0 Å². The fourth-order valence-electron chi connectivity index (χ4n) is 3.51. The smallest absolute Gasteiger partial charge is 0.259 e. The van der Waals surface area contributed by atoms with Gasteiger partial charge in [-0.15, -0.1) is 11.3 Å². The molecule has 24 heavy (non-hydrogen) atoms. The van der Waals surface area contributed by atoms with E-state index in [1.54, 1.807) is 10.5 Å². The molecule has 1 aliphatic rings. The van der Waals surface area contributed by atoms with E-state index in [1.807, 2.05) is 18.4 Å². The van der Waals surface area contributed by atoms with Gasteiger partial charge in [0.1, 0.15) is 0 Å². The number of aromatic nitrogens is 2. The van der Waals surface area contributed by atoms with E-state index < -0.39 is 0 Å². The molecule has 1 fully saturated rings. The molecule has 0 unspecified atom stereocenters. The van der Waals surface area contributed by atoms with Gasteiger partial charge in [0, 0.05) is 48.7 Å². The first-order valence-electron chi connectivity index (χ1n) is 8.11. The minimum atomic E-state index is -0.00291. The lowest BCUT2D eigenvalue weighted by Crippen LogP contribution is -2.29. The van der Waals surface area contributed by atoms with Crippen LogP contribution < -0.4 is 11.3 Å². The van der Waals surface area contributed by atoms with Crippen molar-refractivity contribution in [3.05, 3.63) is 69.1 Å². The molecule has 0 spiro atoms. The van der Waals surface area contributed by atoms with Crippen LogP contribution >= 0.6 is 11.3 Å². The number of aryl methyl sites for hydroxylation is 1. The maximum Gasteiger partial charge on any atom is 0.259 e. The van der Waals surface area contributed by atoms with Crippen LogP contribution in [0.5, 0.6) is 0 Å². The fraction of sp³-hybridized carbons (Fsp3) is 0.333. The van der Waals surface area contributed by atoms with E-state index in [9.17, 15) is 4.79 Å². The number of nitrogens with zero attached hydrogens (tertiary/aromatic N) is 3. The van der Waals surface area contributed by atoms with Gasteiger partial charge in [-0.25, -0.2) is 4.98 Å². The van der Waals surface area contributed by atoms with Crippen molar-refractivity contribution in [3.63, 3.8) is 0 Å². The summed E-state index contributed by atoms with van der Waals surface area (Å²) >= 11 is 1.51. The van der Waals surface area contributed by atoms with Crippen molar-refractivity contribution in [3.8, 4) is 0 Å². The fourth-order valence-corrected chi connectivity index (χ4v) is 4.40. The van der Waals surface area contributed by atoms with Crippen LogP contribution in [-0.4, -0.2) is 33.4 Å². The van der Waals surface area contributed by atoms with Crippen molar-refractivity contribution in [2.24, 2.45) is 5.73 Å².